The number of rotatable bonds is 5. The molecule has 0 unspecified atom stereocenters. The molecule has 0 spiro atoms. The number of nitrogens with zero attached hydrogens (tertiary/aromatic N) is 1. The molecular weight excluding hydrogens is 262 g/mol. The molecule has 0 saturated heterocycles. The van der Waals surface area contributed by atoms with Crippen LogP contribution in [0.4, 0.5) is 5.69 Å². The summed E-state index contributed by atoms with van der Waals surface area (Å²) in [6.45, 7) is 4.84. The van der Waals surface area contributed by atoms with E-state index in [1.165, 1.54) is 5.56 Å². The van der Waals surface area contributed by atoms with Gasteiger partial charge >= 0.3 is 0 Å². The molecule has 4 heteroatoms. The van der Waals surface area contributed by atoms with Crippen LogP contribution in [0.2, 0.25) is 0 Å². The van der Waals surface area contributed by atoms with Gasteiger partial charge in [-0.1, -0.05) is 12.1 Å². The van der Waals surface area contributed by atoms with Crippen molar-refractivity contribution in [3.05, 3.63) is 54.2 Å². The van der Waals surface area contributed by atoms with Crippen molar-refractivity contribution in [3.8, 4) is 5.75 Å². The first-order valence-corrected chi connectivity index (χ1v) is 7.13. The van der Waals surface area contributed by atoms with Crippen LogP contribution in [0.3, 0.4) is 0 Å². The third kappa shape index (κ3) is 3.34. The summed E-state index contributed by atoms with van der Waals surface area (Å²) in [5, 5.41) is 11.5. The molecule has 0 aliphatic carbocycles. The van der Waals surface area contributed by atoms with Gasteiger partial charge in [-0.2, -0.15) is 5.10 Å². The zero-order chi connectivity index (χ0) is 14.7. The fraction of sp³-hybridized carbons (Fsp3) is 0.235. The van der Waals surface area contributed by atoms with Crippen LogP contribution in [-0.4, -0.2) is 16.3 Å². The Kier molecular flexibility index (Phi) is 3.77. The topological polar surface area (TPSA) is 49.9 Å². The van der Waals surface area contributed by atoms with E-state index < -0.39 is 0 Å². The zero-order valence-corrected chi connectivity index (χ0v) is 12.3. The fourth-order valence-electron chi connectivity index (χ4n) is 2.21. The number of H-pyrrole nitrogens is 1. The number of benzene rings is 2. The molecule has 108 valence electrons. The molecule has 0 aliphatic rings. The van der Waals surface area contributed by atoms with Crippen molar-refractivity contribution in [2.24, 2.45) is 0 Å². The highest BCUT2D eigenvalue weighted by Crippen LogP contribution is 2.18. The van der Waals surface area contributed by atoms with E-state index >= 15 is 0 Å². The Labute approximate surface area is 124 Å². The minimum Gasteiger partial charge on any atom is -0.491 e. The van der Waals surface area contributed by atoms with Crippen molar-refractivity contribution >= 4 is 16.6 Å². The Bertz CT molecular complexity index is 716. The second kappa shape index (κ2) is 5.87. The van der Waals surface area contributed by atoms with E-state index in [0.717, 1.165) is 28.9 Å². The fourth-order valence-corrected chi connectivity index (χ4v) is 2.21. The maximum atomic E-state index is 5.64. The molecule has 0 saturated carbocycles. The monoisotopic (exact) mass is 281 g/mol. The van der Waals surface area contributed by atoms with Gasteiger partial charge in [-0.15, -0.1) is 0 Å². The van der Waals surface area contributed by atoms with Crippen molar-refractivity contribution in [1.82, 2.24) is 10.2 Å². The van der Waals surface area contributed by atoms with Gasteiger partial charge in [0.25, 0.3) is 0 Å². The maximum absolute atomic E-state index is 5.64. The van der Waals surface area contributed by atoms with E-state index in [-0.39, 0.29) is 6.10 Å². The number of anilines is 1. The van der Waals surface area contributed by atoms with Gasteiger partial charge in [0.05, 0.1) is 17.8 Å². The van der Waals surface area contributed by atoms with Gasteiger partial charge in [-0.25, -0.2) is 0 Å². The molecule has 2 aromatic carbocycles. The predicted molar refractivity (Wildman–Crippen MR) is 85.6 cm³/mol. The Hall–Kier alpha value is -2.49. The molecule has 0 aliphatic heterocycles. The van der Waals surface area contributed by atoms with Gasteiger partial charge in [0.2, 0.25) is 0 Å². The van der Waals surface area contributed by atoms with E-state index in [2.05, 4.69) is 45.8 Å². The Balaban J connectivity index is 1.63. The molecule has 0 bridgehead atoms. The standard InChI is InChI=1S/C17H19N3O/c1-12(2)21-16-7-3-13(4-8-16)10-18-15-6-5-14-11-19-20-17(14)9-15/h3-9,11-12,18H,10H2,1-2H3,(H,19,20). The van der Waals surface area contributed by atoms with E-state index in [0.29, 0.717) is 0 Å². The first-order valence-electron chi connectivity index (χ1n) is 7.13. The second-order valence-electron chi connectivity index (χ2n) is 5.34. The first-order chi connectivity index (χ1) is 10.2. The minimum atomic E-state index is 0.204. The van der Waals surface area contributed by atoms with Gasteiger partial charge in [0, 0.05) is 17.6 Å². The van der Waals surface area contributed by atoms with E-state index in [1.54, 1.807) is 0 Å². The highest BCUT2D eigenvalue weighted by Gasteiger charge is 2.00. The number of aromatic amines is 1. The molecule has 1 heterocycles. The van der Waals surface area contributed by atoms with E-state index in [9.17, 15) is 0 Å². The molecule has 2 N–H and O–H groups in total. The lowest BCUT2D eigenvalue weighted by Crippen LogP contribution is -2.05. The summed E-state index contributed by atoms with van der Waals surface area (Å²) in [6, 6.07) is 14.4. The van der Waals surface area contributed by atoms with Gasteiger partial charge in [0.15, 0.2) is 0 Å². The first kappa shape index (κ1) is 13.5. The Morgan fingerprint density at radius 3 is 2.71 bits per heavy atom. The van der Waals surface area contributed by atoms with Crippen molar-refractivity contribution in [2.45, 2.75) is 26.5 Å². The van der Waals surface area contributed by atoms with Crippen molar-refractivity contribution < 1.29 is 4.74 Å². The van der Waals surface area contributed by atoms with Crippen LogP contribution in [0.15, 0.2) is 48.7 Å². The van der Waals surface area contributed by atoms with Crippen LogP contribution in [0, 0.1) is 0 Å². The van der Waals surface area contributed by atoms with Crippen LogP contribution in [0.5, 0.6) is 5.75 Å². The number of ether oxygens (including phenoxy) is 1. The highest BCUT2D eigenvalue weighted by atomic mass is 16.5. The quantitative estimate of drug-likeness (QED) is 0.744. The van der Waals surface area contributed by atoms with Crippen LogP contribution in [-0.2, 0) is 6.54 Å². The summed E-state index contributed by atoms with van der Waals surface area (Å²) in [7, 11) is 0. The number of nitrogens with one attached hydrogen (secondary N) is 2. The molecule has 3 rings (SSSR count). The number of aromatic nitrogens is 2. The van der Waals surface area contributed by atoms with Gasteiger partial charge in [0.1, 0.15) is 5.75 Å². The van der Waals surface area contributed by atoms with Crippen LogP contribution in [0.1, 0.15) is 19.4 Å². The number of hydrogen-bond acceptors (Lipinski definition) is 3. The lowest BCUT2D eigenvalue weighted by molar-refractivity contribution is 0.242. The molecule has 0 amide bonds. The molecule has 3 aromatic rings. The summed E-state index contributed by atoms with van der Waals surface area (Å²) in [6.07, 6.45) is 2.03. The van der Waals surface area contributed by atoms with Gasteiger partial charge in [-0.3, -0.25) is 5.10 Å². The summed E-state index contributed by atoms with van der Waals surface area (Å²) in [5.41, 5.74) is 3.34. The summed E-state index contributed by atoms with van der Waals surface area (Å²) < 4.78 is 5.64. The lowest BCUT2D eigenvalue weighted by Gasteiger charge is -2.11. The summed E-state index contributed by atoms with van der Waals surface area (Å²) in [4.78, 5) is 0. The van der Waals surface area contributed by atoms with Gasteiger partial charge in [-0.05, 0) is 49.7 Å². The average molecular weight is 281 g/mol. The third-order valence-corrected chi connectivity index (χ3v) is 3.23. The average Bonchev–Trinajstić information content (AvgIpc) is 2.93. The van der Waals surface area contributed by atoms with Crippen LogP contribution < -0.4 is 10.1 Å². The summed E-state index contributed by atoms with van der Waals surface area (Å²) in [5.74, 6) is 0.910. The van der Waals surface area contributed by atoms with Crippen molar-refractivity contribution in [3.63, 3.8) is 0 Å². The second-order valence-corrected chi connectivity index (χ2v) is 5.34. The van der Waals surface area contributed by atoms with E-state index in [1.807, 2.05) is 32.2 Å². The molecule has 0 radical (unpaired) electrons. The minimum absolute atomic E-state index is 0.204. The Morgan fingerprint density at radius 2 is 1.95 bits per heavy atom. The largest absolute Gasteiger partial charge is 0.491 e. The number of hydrogen-bond donors (Lipinski definition) is 2. The molecule has 0 fully saturated rings. The lowest BCUT2D eigenvalue weighted by atomic mass is 10.2. The molecule has 1 aromatic heterocycles. The summed E-state index contributed by atoms with van der Waals surface area (Å²) >= 11 is 0. The van der Waals surface area contributed by atoms with Crippen molar-refractivity contribution in [2.75, 3.05) is 5.32 Å². The molecule has 0 atom stereocenters. The maximum Gasteiger partial charge on any atom is 0.119 e. The normalized spacial score (nSPS) is 11.0. The molecule has 4 nitrogen and oxygen atoms in total. The van der Waals surface area contributed by atoms with Crippen molar-refractivity contribution in [1.29, 1.82) is 0 Å². The predicted octanol–water partition coefficient (Wildman–Crippen LogP) is 3.96. The molecular formula is C17H19N3O. The Morgan fingerprint density at radius 1 is 1.14 bits per heavy atom. The zero-order valence-electron chi connectivity index (χ0n) is 12.3. The number of fused-ring (bicyclic) bond motifs is 1. The smallest absolute Gasteiger partial charge is 0.119 e. The SMILES string of the molecule is CC(C)Oc1ccc(CNc2ccc3cn[nH]c3c2)cc1. The molecule has 21 heavy (non-hydrogen) atoms. The third-order valence-electron chi connectivity index (χ3n) is 3.23. The van der Waals surface area contributed by atoms with Crippen LogP contribution >= 0.6 is 0 Å². The van der Waals surface area contributed by atoms with E-state index in [4.69, 9.17) is 4.74 Å². The van der Waals surface area contributed by atoms with Crippen LogP contribution in [0.25, 0.3) is 10.9 Å². The highest BCUT2D eigenvalue weighted by molar-refractivity contribution is 5.81. The van der Waals surface area contributed by atoms with Gasteiger partial charge < -0.3 is 10.1 Å².